The van der Waals surface area contributed by atoms with Crippen molar-refractivity contribution in [2.24, 2.45) is 0 Å². The molecule has 3 aromatic rings. The molecular weight excluding hydrogens is 468 g/mol. The van der Waals surface area contributed by atoms with Gasteiger partial charge in [-0.25, -0.2) is 13.8 Å². The Labute approximate surface area is 207 Å². The molecule has 9 heteroatoms. The van der Waals surface area contributed by atoms with Crippen LogP contribution in [0.15, 0.2) is 54.7 Å². The molecular formula is C27H27F2N3O4. The Morgan fingerprint density at radius 2 is 2.06 bits per heavy atom. The van der Waals surface area contributed by atoms with Crippen LogP contribution in [-0.2, 0) is 9.53 Å². The molecule has 36 heavy (non-hydrogen) atoms. The summed E-state index contributed by atoms with van der Waals surface area (Å²) in [6.45, 7) is 0.358. The molecule has 0 radical (unpaired) electrons. The van der Waals surface area contributed by atoms with Crippen molar-refractivity contribution >= 4 is 29.2 Å². The van der Waals surface area contributed by atoms with Crippen molar-refractivity contribution in [3.8, 4) is 5.88 Å². The van der Waals surface area contributed by atoms with Crippen LogP contribution in [0.4, 0.5) is 8.78 Å². The third kappa shape index (κ3) is 6.50. The summed E-state index contributed by atoms with van der Waals surface area (Å²) in [5.74, 6) is -1.49. The Morgan fingerprint density at radius 1 is 1.19 bits per heavy atom. The van der Waals surface area contributed by atoms with Gasteiger partial charge in [-0.1, -0.05) is 24.3 Å². The molecule has 1 aliphatic heterocycles. The fourth-order valence-electron chi connectivity index (χ4n) is 4.19. The van der Waals surface area contributed by atoms with Gasteiger partial charge in [0.15, 0.2) is 0 Å². The lowest BCUT2D eigenvalue weighted by atomic mass is 9.95. The number of halogens is 2. The SMILES string of the molecule is COc1ccc2nccc(C=C[C@@H]3CC[C@@H](NCC=Cc4cc(F)ccc4F)[C@@H](CC(=O)O)O3)c2n1. The number of ether oxygens (including phenoxy) is 2. The van der Waals surface area contributed by atoms with E-state index in [1.807, 2.05) is 24.3 Å². The van der Waals surface area contributed by atoms with Gasteiger partial charge >= 0.3 is 5.97 Å². The van der Waals surface area contributed by atoms with E-state index in [1.54, 1.807) is 25.4 Å². The van der Waals surface area contributed by atoms with Gasteiger partial charge in [0, 0.05) is 36.0 Å². The van der Waals surface area contributed by atoms with Crippen molar-refractivity contribution < 1.29 is 28.2 Å². The van der Waals surface area contributed by atoms with Crippen LogP contribution in [0.25, 0.3) is 23.2 Å². The van der Waals surface area contributed by atoms with Gasteiger partial charge in [-0.05, 0) is 43.2 Å². The second-order valence-corrected chi connectivity index (χ2v) is 8.45. The van der Waals surface area contributed by atoms with Crippen molar-refractivity contribution in [3.63, 3.8) is 0 Å². The number of aromatic nitrogens is 2. The minimum absolute atomic E-state index is 0.152. The van der Waals surface area contributed by atoms with Crippen molar-refractivity contribution in [3.05, 3.63) is 77.5 Å². The molecule has 1 saturated heterocycles. The van der Waals surface area contributed by atoms with Crippen molar-refractivity contribution in [2.75, 3.05) is 13.7 Å². The maximum absolute atomic E-state index is 13.8. The standard InChI is InChI=1S/C27H27F2N3O4/c1-35-25-11-10-23-27(32-25)17(12-14-31-23)4-6-20-7-9-22(24(36-20)16-26(33)34)30-13-2-3-18-15-19(28)5-8-21(18)29/h2-6,8,10-12,14-15,20,22,24,30H,7,9,13,16H2,1H3,(H,33,34)/t20-,22-,24-/m1/s1. The van der Waals surface area contributed by atoms with Crippen LogP contribution in [-0.4, -0.2) is 52.9 Å². The number of aliphatic carboxylic acids is 1. The zero-order valence-corrected chi connectivity index (χ0v) is 19.7. The summed E-state index contributed by atoms with van der Waals surface area (Å²) in [6.07, 6.45) is 9.11. The van der Waals surface area contributed by atoms with Crippen LogP contribution >= 0.6 is 0 Å². The number of carbonyl (C=O) groups is 1. The monoisotopic (exact) mass is 495 g/mol. The van der Waals surface area contributed by atoms with Gasteiger partial charge in [0.1, 0.15) is 11.6 Å². The first-order chi connectivity index (χ1) is 17.4. The molecule has 0 amide bonds. The molecule has 0 aliphatic carbocycles. The van der Waals surface area contributed by atoms with Crippen LogP contribution < -0.4 is 10.1 Å². The Hall–Kier alpha value is -3.69. The molecule has 2 aromatic heterocycles. The molecule has 0 spiro atoms. The maximum Gasteiger partial charge on any atom is 0.306 e. The molecule has 188 valence electrons. The Balaban J connectivity index is 1.40. The summed E-state index contributed by atoms with van der Waals surface area (Å²) >= 11 is 0. The van der Waals surface area contributed by atoms with Crippen molar-refractivity contribution in [1.29, 1.82) is 0 Å². The highest BCUT2D eigenvalue weighted by Gasteiger charge is 2.31. The average Bonchev–Trinajstić information content (AvgIpc) is 2.87. The zero-order chi connectivity index (χ0) is 25.5. The molecule has 1 fully saturated rings. The van der Waals surface area contributed by atoms with Gasteiger partial charge in [0.05, 0.1) is 36.8 Å². The first-order valence-electron chi connectivity index (χ1n) is 11.6. The van der Waals surface area contributed by atoms with Crippen LogP contribution in [0.5, 0.6) is 5.88 Å². The highest BCUT2D eigenvalue weighted by atomic mass is 19.1. The molecule has 3 heterocycles. The molecule has 0 bridgehead atoms. The van der Waals surface area contributed by atoms with Gasteiger partial charge < -0.3 is 19.9 Å². The number of nitrogens with one attached hydrogen (secondary N) is 1. The Kier molecular flexibility index (Phi) is 8.35. The van der Waals surface area contributed by atoms with Crippen LogP contribution in [0.2, 0.25) is 0 Å². The highest BCUT2D eigenvalue weighted by molar-refractivity contribution is 5.84. The summed E-state index contributed by atoms with van der Waals surface area (Å²) in [5, 5.41) is 12.6. The molecule has 0 unspecified atom stereocenters. The molecule has 1 aliphatic rings. The lowest BCUT2D eigenvalue weighted by molar-refractivity contribution is -0.143. The highest BCUT2D eigenvalue weighted by Crippen LogP contribution is 2.25. The summed E-state index contributed by atoms with van der Waals surface area (Å²) in [5.41, 5.74) is 2.45. The van der Waals surface area contributed by atoms with E-state index in [2.05, 4.69) is 15.3 Å². The van der Waals surface area contributed by atoms with E-state index in [0.717, 1.165) is 29.3 Å². The van der Waals surface area contributed by atoms with E-state index >= 15 is 0 Å². The van der Waals surface area contributed by atoms with E-state index in [-0.39, 0.29) is 24.1 Å². The van der Waals surface area contributed by atoms with E-state index in [0.29, 0.717) is 30.8 Å². The average molecular weight is 496 g/mol. The fourth-order valence-corrected chi connectivity index (χ4v) is 4.19. The predicted molar refractivity (Wildman–Crippen MR) is 132 cm³/mol. The van der Waals surface area contributed by atoms with Gasteiger partial charge in [-0.2, -0.15) is 0 Å². The van der Waals surface area contributed by atoms with E-state index < -0.39 is 23.7 Å². The summed E-state index contributed by atoms with van der Waals surface area (Å²) in [7, 11) is 1.55. The summed E-state index contributed by atoms with van der Waals surface area (Å²) in [6, 6.07) is 8.51. The van der Waals surface area contributed by atoms with Crippen molar-refractivity contribution in [1.82, 2.24) is 15.3 Å². The smallest absolute Gasteiger partial charge is 0.306 e. The van der Waals surface area contributed by atoms with Crippen molar-refractivity contribution in [2.45, 2.75) is 37.5 Å². The number of hydrogen-bond donors (Lipinski definition) is 2. The lowest BCUT2D eigenvalue weighted by Crippen LogP contribution is -2.47. The first kappa shape index (κ1) is 25.4. The normalized spacial score (nSPS) is 20.4. The van der Waals surface area contributed by atoms with E-state index in [9.17, 15) is 18.7 Å². The number of rotatable bonds is 9. The first-order valence-corrected chi connectivity index (χ1v) is 11.6. The second-order valence-electron chi connectivity index (χ2n) is 8.45. The van der Waals surface area contributed by atoms with Gasteiger partial charge in [0.2, 0.25) is 5.88 Å². The minimum Gasteiger partial charge on any atom is -0.481 e. The number of hydrogen-bond acceptors (Lipinski definition) is 6. The molecule has 0 saturated carbocycles. The van der Waals surface area contributed by atoms with Gasteiger partial charge in [-0.3, -0.25) is 9.78 Å². The fraction of sp³-hybridized carbons (Fsp3) is 0.296. The number of carboxylic acid groups (broad SMARTS) is 1. The number of benzene rings is 1. The van der Waals surface area contributed by atoms with Gasteiger partial charge in [-0.15, -0.1) is 0 Å². The molecule has 3 atom stereocenters. The van der Waals surface area contributed by atoms with Gasteiger partial charge in [0.25, 0.3) is 0 Å². The maximum atomic E-state index is 13.8. The predicted octanol–water partition coefficient (Wildman–Crippen LogP) is 4.62. The topological polar surface area (TPSA) is 93.6 Å². The minimum atomic E-state index is -0.953. The number of methoxy groups -OCH3 is 1. The van der Waals surface area contributed by atoms with E-state index in [4.69, 9.17) is 9.47 Å². The van der Waals surface area contributed by atoms with Crippen LogP contribution in [0.3, 0.4) is 0 Å². The molecule has 2 N–H and O–H groups in total. The quantitative estimate of drug-likeness (QED) is 0.447. The number of fused-ring (bicyclic) bond motifs is 1. The molecule has 4 rings (SSSR count). The van der Waals surface area contributed by atoms with Crippen LogP contribution in [0.1, 0.15) is 30.4 Å². The lowest BCUT2D eigenvalue weighted by Gasteiger charge is -2.35. The summed E-state index contributed by atoms with van der Waals surface area (Å²) in [4.78, 5) is 20.3. The Morgan fingerprint density at radius 3 is 2.86 bits per heavy atom. The Bertz CT molecular complexity index is 1280. The molecule has 1 aromatic carbocycles. The number of carboxylic acids is 1. The van der Waals surface area contributed by atoms with Crippen LogP contribution in [0, 0.1) is 11.6 Å². The number of nitrogens with zero attached hydrogens (tertiary/aromatic N) is 2. The summed E-state index contributed by atoms with van der Waals surface area (Å²) < 4.78 is 38.4. The number of pyridine rings is 2. The zero-order valence-electron chi connectivity index (χ0n) is 19.7. The third-order valence-corrected chi connectivity index (χ3v) is 5.98. The second kappa shape index (κ2) is 11.8. The third-order valence-electron chi connectivity index (χ3n) is 5.98. The largest absolute Gasteiger partial charge is 0.481 e. The molecule has 7 nitrogen and oxygen atoms in total. The van der Waals surface area contributed by atoms with E-state index in [1.165, 1.54) is 6.08 Å².